The summed E-state index contributed by atoms with van der Waals surface area (Å²) in [6.45, 7) is 24.2. The Bertz CT molecular complexity index is 3400. The predicted octanol–water partition coefficient (Wildman–Crippen LogP) is 2.76. The van der Waals surface area contributed by atoms with E-state index in [1.54, 1.807) is 114 Å². The van der Waals surface area contributed by atoms with Crippen LogP contribution in [0.5, 0.6) is 0 Å². The maximum absolute atomic E-state index is 14.9. The van der Waals surface area contributed by atoms with Crippen LogP contribution in [0.1, 0.15) is 138 Å². The number of nitrogens with two attached hydrogens (primary N) is 1. The van der Waals surface area contributed by atoms with Crippen molar-refractivity contribution in [3.63, 3.8) is 0 Å². The van der Waals surface area contributed by atoms with E-state index in [-0.39, 0.29) is 94.6 Å². The van der Waals surface area contributed by atoms with Gasteiger partial charge in [0.2, 0.25) is 47.3 Å². The van der Waals surface area contributed by atoms with Gasteiger partial charge in [0.15, 0.2) is 0 Å². The average Bonchev–Trinajstić information content (AvgIpc) is 1.70. The molecule has 0 unspecified atom stereocenters. The third-order valence-electron chi connectivity index (χ3n) is 21.1. The summed E-state index contributed by atoms with van der Waals surface area (Å²) in [5.41, 5.74) is 6.78. The van der Waals surface area contributed by atoms with E-state index >= 15 is 0 Å². The van der Waals surface area contributed by atoms with Crippen LogP contribution in [0, 0.1) is 29.6 Å². The number of urea groups is 1. The number of carboxylic acids is 1. The molecule has 35 nitrogen and oxygen atoms in total. The monoisotopic (exact) mass is 1650 g/mol. The second-order valence-electron chi connectivity index (χ2n) is 31.3. The summed E-state index contributed by atoms with van der Waals surface area (Å²) in [4.78, 5) is 171. The standard InChI is InChI=1S/C82H136N14O21/c1-16-56(8)73(65(111-14)48-68(100)96-33-21-25-64(96)75(112-15)58(10)76(104)86-59(11)74(103)61-22-18-17-19-23-61)91(12)80(108)71(54(4)5)90-79(107)72(55(6)7)92(13)82(110)117-52-60-26-28-62(29-27-60)87-77(105)63(24-20-31-85-81(83)109)88-78(106)70(53(2)3)89-67(99)50-94-35-34-93(36-38-95(39-37-94)51-69(101)102)49-66(98)84-32-41-114-43-45-116-47-46-115-44-42-113-40-30-57(9)97/h17-19,22-23,26-29,53-56,58-59,63-65,70-75,103H,16,20-21,24-25,30-52H2,1-15H3,(H,84,98)(H,86,104)(H,87,105)(H,88,106)(H,89,99)(H,90,107)(H,101,102)(H3,83,85,109)/t56-,58+,59+,63-,64-,65+,70-,71-,72-,73-,74+,75+/m0/s1. The Hall–Kier alpha value is -8.52. The minimum absolute atomic E-state index is 0.00347. The number of aliphatic hydroxyl groups excluding tert-OH is 1. The van der Waals surface area contributed by atoms with E-state index in [1.165, 1.54) is 33.1 Å². The van der Waals surface area contributed by atoms with Crippen molar-refractivity contribution in [2.45, 2.75) is 188 Å². The molecule has 11 N–H and O–H groups in total. The number of ether oxygens (including phenoxy) is 7. The minimum atomic E-state index is -1.19. The number of likely N-dealkylation sites (tertiary alicyclic amines) is 1. The molecular weight excluding hydrogens is 1520 g/mol. The lowest BCUT2D eigenvalue weighted by molar-refractivity contribution is -0.148. The number of Topliss-reactive ketones (excluding diaryl/α,β-unsaturated/α-hetero) is 1. The van der Waals surface area contributed by atoms with Gasteiger partial charge in [0, 0.05) is 99.3 Å². The van der Waals surface area contributed by atoms with Gasteiger partial charge in [0.1, 0.15) is 36.6 Å². The molecule has 0 bridgehead atoms. The molecule has 11 amide bonds. The molecule has 0 aromatic heterocycles. The Labute approximate surface area is 690 Å². The molecule has 2 saturated heterocycles. The first-order valence-electron chi connectivity index (χ1n) is 41.0. The van der Waals surface area contributed by atoms with Gasteiger partial charge in [-0.1, -0.05) is 111 Å². The largest absolute Gasteiger partial charge is 0.480 e. The van der Waals surface area contributed by atoms with E-state index in [4.69, 9.17) is 38.9 Å². The number of hydrogen-bond acceptors (Lipinski definition) is 23. The fraction of sp³-hybridized carbons (Fsp3) is 0.707. The van der Waals surface area contributed by atoms with E-state index in [9.17, 15) is 67.7 Å². The molecule has 117 heavy (non-hydrogen) atoms. The quantitative estimate of drug-likeness (QED) is 0.0426. The lowest BCUT2D eigenvalue weighted by Crippen LogP contribution is -2.60. The Balaban J connectivity index is 1.35. The molecule has 12 atom stereocenters. The fourth-order valence-corrected chi connectivity index (χ4v) is 14.2. The lowest BCUT2D eigenvalue weighted by Gasteiger charge is -2.41. The zero-order valence-electron chi connectivity index (χ0n) is 71.6. The van der Waals surface area contributed by atoms with Crippen LogP contribution in [0.4, 0.5) is 15.3 Å². The summed E-state index contributed by atoms with van der Waals surface area (Å²) in [5.74, 6) is -6.97. The maximum atomic E-state index is 14.9. The summed E-state index contributed by atoms with van der Waals surface area (Å²) in [6.07, 6.45) is -0.917. The number of methoxy groups -OCH3 is 2. The number of carbonyl (C=O) groups is 12. The highest BCUT2D eigenvalue weighted by atomic mass is 16.6. The zero-order valence-corrected chi connectivity index (χ0v) is 71.6. The van der Waals surface area contributed by atoms with Crippen molar-refractivity contribution in [1.29, 1.82) is 0 Å². The molecule has 0 aliphatic carbocycles. The molecule has 2 heterocycles. The molecule has 4 rings (SSSR count). The number of carbonyl (C=O) groups excluding carboxylic acids is 11. The van der Waals surface area contributed by atoms with Gasteiger partial charge in [-0.05, 0) is 86.5 Å². The number of hydrogen-bond donors (Lipinski definition) is 10. The van der Waals surface area contributed by atoms with Crippen molar-refractivity contribution in [3.8, 4) is 0 Å². The molecule has 2 aliphatic rings. The molecule has 0 spiro atoms. The van der Waals surface area contributed by atoms with Crippen LogP contribution in [-0.2, 0) is 87.7 Å². The summed E-state index contributed by atoms with van der Waals surface area (Å²) < 4.78 is 39.7. The Kier molecular flexibility index (Phi) is 46.4. The fourth-order valence-electron chi connectivity index (χ4n) is 14.2. The summed E-state index contributed by atoms with van der Waals surface area (Å²) in [6, 6.07) is 8.36. The normalized spacial score (nSPS) is 17.2. The van der Waals surface area contributed by atoms with Gasteiger partial charge in [0.05, 0.1) is 121 Å². The smallest absolute Gasteiger partial charge is 0.410 e. The Morgan fingerprint density at radius 2 is 1.16 bits per heavy atom. The van der Waals surface area contributed by atoms with E-state index in [1.807, 2.05) is 41.8 Å². The van der Waals surface area contributed by atoms with Gasteiger partial charge in [-0.25, -0.2) is 9.59 Å². The van der Waals surface area contributed by atoms with Crippen LogP contribution in [0.3, 0.4) is 0 Å². The van der Waals surface area contributed by atoms with Crippen LogP contribution >= 0.6 is 0 Å². The molecule has 2 aliphatic heterocycles. The molecule has 2 aromatic rings. The molecule has 0 saturated carbocycles. The number of anilines is 1. The Morgan fingerprint density at radius 3 is 1.69 bits per heavy atom. The second kappa shape index (κ2) is 53.8. The SMILES string of the molecule is CC[C@H](C)[C@@H]([C@@H](CC(=O)N1CCC[C@H]1[C@H](OC)[C@@H](C)C(=O)N[C@H](C)[C@@H](O)c1ccccc1)OC)N(C)C(=O)[C@@H](NC(=O)[C@H](C(C)C)N(C)C(=O)OCc1ccc(NC(=O)[C@H](CCCNC(N)=O)NC(=O)[C@@H](NC(=O)CN2CCN(CC(=O)O)CCN(CC(=O)NCCOCCOCCOCCOCCC(C)=O)CC2)C(C)C)cc1)C(C)C. The summed E-state index contributed by atoms with van der Waals surface area (Å²) in [7, 11) is 6.06. The first kappa shape index (κ1) is 101. The molecule has 35 heteroatoms. The number of ketones is 1. The van der Waals surface area contributed by atoms with Crippen LogP contribution in [0.2, 0.25) is 0 Å². The summed E-state index contributed by atoms with van der Waals surface area (Å²) >= 11 is 0. The van der Waals surface area contributed by atoms with Crippen LogP contribution in [0.15, 0.2) is 54.6 Å². The van der Waals surface area contributed by atoms with E-state index in [2.05, 4.69) is 37.2 Å². The first-order valence-corrected chi connectivity index (χ1v) is 41.0. The number of rotatable bonds is 53. The highest BCUT2D eigenvalue weighted by Crippen LogP contribution is 2.31. The van der Waals surface area contributed by atoms with Crippen LogP contribution in [-0.4, -0.2) is 325 Å². The number of benzene rings is 2. The number of nitrogens with zero attached hydrogens (tertiary/aromatic N) is 6. The van der Waals surface area contributed by atoms with Crippen molar-refractivity contribution >= 4 is 76.8 Å². The molecular formula is C82H136N14O21. The van der Waals surface area contributed by atoms with Gasteiger partial charge in [-0.2, -0.15) is 0 Å². The van der Waals surface area contributed by atoms with Gasteiger partial charge >= 0.3 is 18.1 Å². The number of aliphatic hydroxyl groups is 1. The summed E-state index contributed by atoms with van der Waals surface area (Å²) in [5, 5.41) is 40.4. The van der Waals surface area contributed by atoms with E-state index < -0.39 is 132 Å². The lowest BCUT2D eigenvalue weighted by atomic mass is 9.89. The van der Waals surface area contributed by atoms with Crippen molar-refractivity contribution < 1.29 is 101 Å². The van der Waals surface area contributed by atoms with Crippen LogP contribution in [0.25, 0.3) is 0 Å². The third-order valence-corrected chi connectivity index (χ3v) is 21.1. The van der Waals surface area contributed by atoms with Crippen molar-refractivity contribution in [2.24, 2.45) is 35.3 Å². The zero-order chi connectivity index (χ0) is 86.8. The van der Waals surface area contributed by atoms with Gasteiger partial charge in [0.25, 0.3) is 0 Å². The highest BCUT2D eigenvalue weighted by Gasteiger charge is 2.44. The van der Waals surface area contributed by atoms with E-state index in [0.717, 1.165) is 0 Å². The average molecular weight is 1650 g/mol. The van der Waals surface area contributed by atoms with Crippen LogP contribution < -0.4 is 43.0 Å². The highest BCUT2D eigenvalue weighted by molar-refractivity contribution is 5.99. The number of carboxylic acid groups (broad SMARTS) is 1. The maximum Gasteiger partial charge on any atom is 0.410 e. The van der Waals surface area contributed by atoms with Crippen molar-refractivity contribution in [3.05, 3.63) is 65.7 Å². The third kappa shape index (κ3) is 35.9. The minimum Gasteiger partial charge on any atom is -0.480 e. The first-order chi connectivity index (χ1) is 55.6. The van der Waals surface area contributed by atoms with Crippen molar-refractivity contribution in [2.75, 3.05) is 165 Å². The predicted molar refractivity (Wildman–Crippen MR) is 438 cm³/mol. The topological polar surface area (TPSA) is 440 Å². The van der Waals surface area contributed by atoms with Gasteiger partial charge < -0.3 is 96.1 Å². The molecule has 0 radical (unpaired) electrons. The van der Waals surface area contributed by atoms with Gasteiger partial charge in [-0.15, -0.1) is 0 Å². The number of aliphatic carboxylic acids is 1. The second-order valence-corrected chi connectivity index (χ2v) is 31.3. The molecule has 660 valence electrons. The number of nitrogens with one attached hydrogen (secondary N) is 7. The Morgan fingerprint density at radius 1 is 0.598 bits per heavy atom. The molecule has 2 aromatic carbocycles. The van der Waals surface area contributed by atoms with Gasteiger partial charge in [-0.3, -0.25) is 67.5 Å². The van der Waals surface area contributed by atoms with Crippen molar-refractivity contribution in [1.82, 2.24) is 61.3 Å². The number of likely N-dealkylation sites (N-methyl/N-ethyl adjacent to an activating group) is 2. The number of primary amides is 1. The molecule has 2 fully saturated rings. The van der Waals surface area contributed by atoms with E-state index in [0.29, 0.717) is 135 Å². The number of amides is 11.